The number of nitrogens with zero attached hydrogens (tertiary/aromatic N) is 1. The monoisotopic (exact) mass is 464 g/mol. The summed E-state index contributed by atoms with van der Waals surface area (Å²) in [5.41, 5.74) is 4.96. The van der Waals surface area contributed by atoms with Gasteiger partial charge in [0.15, 0.2) is 0 Å². The summed E-state index contributed by atoms with van der Waals surface area (Å²) < 4.78 is 0. The van der Waals surface area contributed by atoms with Gasteiger partial charge in [-0.05, 0) is 11.5 Å². The number of fused-ring (bicyclic) bond motifs is 1. The Morgan fingerprint density at radius 3 is 2.30 bits per heavy atom. The van der Waals surface area contributed by atoms with Gasteiger partial charge in [0, 0.05) is 11.7 Å². The predicted molar refractivity (Wildman–Crippen MR) is 93.6 cm³/mol. The van der Waals surface area contributed by atoms with E-state index in [0.29, 0.717) is 0 Å². The van der Waals surface area contributed by atoms with Gasteiger partial charge in [0.2, 0.25) is 0 Å². The second kappa shape index (κ2) is 8.76. The molecule has 3 aromatic rings. The molecule has 0 aliphatic heterocycles. The molecule has 0 saturated carbocycles. The van der Waals surface area contributed by atoms with Gasteiger partial charge in [-0.3, -0.25) is 4.98 Å². The maximum atomic E-state index is 4.56. The Morgan fingerprint density at radius 2 is 1.70 bits per heavy atom. The first-order chi connectivity index (χ1) is 9.47. The molecular weight excluding hydrogens is 449 g/mol. The molecule has 0 saturated heterocycles. The molecule has 0 N–H and O–H groups in total. The van der Waals surface area contributed by atoms with Crippen LogP contribution in [0.5, 0.6) is 0 Å². The minimum absolute atomic E-state index is 0. The molecule has 3 rings (SSSR count). The van der Waals surface area contributed by atoms with Crippen LogP contribution < -0.4 is 30.0 Å². The molecule has 6 heteroatoms. The summed E-state index contributed by atoms with van der Waals surface area (Å²) in [6.07, 6.45) is 1.87. The first kappa shape index (κ1) is 22.8. The van der Waals surface area contributed by atoms with Gasteiger partial charge < -0.3 is 24.8 Å². The van der Waals surface area contributed by atoms with Gasteiger partial charge in [-0.2, -0.15) is 0 Å². The quantitative estimate of drug-likeness (QED) is 0.261. The summed E-state index contributed by atoms with van der Waals surface area (Å²) in [6.45, 7) is 5.38. The number of hydrogen-bond acceptors (Lipinski definition) is 1. The fourth-order valence-electron chi connectivity index (χ4n) is 2.76. The van der Waals surface area contributed by atoms with Crippen LogP contribution >= 0.6 is 15.3 Å². The maximum absolute atomic E-state index is 4.56. The fraction of sp³-hybridized carbons (Fsp3) is 0.176. The van der Waals surface area contributed by atoms with Gasteiger partial charge in [0.05, 0.1) is 0 Å². The van der Waals surface area contributed by atoms with Crippen LogP contribution in [0.2, 0.25) is 13.1 Å². The van der Waals surface area contributed by atoms with E-state index in [-0.39, 0.29) is 42.2 Å². The van der Waals surface area contributed by atoms with E-state index in [1.165, 1.54) is 27.3 Å². The minimum Gasteiger partial charge on any atom is -1.00 e. The third-order valence-corrected chi connectivity index (χ3v) is 6.78. The van der Waals surface area contributed by atoms with Crippen molar-refractivity contribution in [2.75, 3.05) is 0 Å². The van der Waals surface area contributed by atoms with E-state index >= 15 is 0 Å². The number of para-hydroxylation sites is 1. The first-order valence-corrected chi connectivity index (χ1v) is 12.0. The molecular formula is C17H17BrCl2CrNSi. The largest absolute Gasteiger partial charge is 3.00 e. The Hall–Kier alpha value is -0.211. The molecule has 1 radical (unpaired) electrons. The Balaban J connectivity index is 0.00000161. The summed E-state index contributed by atoms with van der Waals surface area (Å²) in [5.74, 6) is 0. The van der Waals surface area contributed by atoms with Gasteiger partial charge >= 0.3 is 17.4 Å². The molecule has 23 heavy (non-hydrogen) atoms. The van der Waals surface area contributed by atoms with E-state index in [9.17, 15) is 0 Å². The fourth-order valence-corrected chi connectivity index (χ4v) is 5.55. The second-order valence-corrected chi connectivity index (χ2v) is 15.1. The Morgan fingerprint density at radius 1 is 1.04 bits per heavy atom. The van der Waals surface area contributed by atoms with Crippen LogP contribution in [-0.4, -0.2) is 11.7 Å². The van der Waals surface area contributed by atoms with Gasteiger partial charge in [-0.25, -0.2) is 0 Å². The Kier molecular flexibility index (Phi) is 8.68. The van der Waals surface area contributed by atoms with Crippen LogP contribution in [-0.2, 0) is 17.4 Å². The summed E-state index contributed by atoms with van der Waals surface area (Å²) in [4.78, 5) is 4.56. The molecule has 1 aromatic heterocycles. The van der Waals surface area contributed by atoms with E-state index in [1.54, 1.807) is 0 Å². The Labute approximate surface area is 169 Å². The minimum atomic E-state index is -1.47. The van der Waals surface area contributed by atoms with Crippen LogP contribution in [0.15, 0.2) is 48.7 Å². The number of pyridine rings is 1. The Bertz CT molecular complexity index is 778. The van der Waals surface area contributed by atoms with Crippen LogP contribution in [0, 0.1) is 6.92 Å². The van der Waals surface area contributed by atoms with E-state index in [1.807, 2.05) is 12.3 Å². The molecule has 0 unspecified atom stereocenters. The van der Waals surface area contributed by atoms with Crippen LogP contribution in [0.1, 0.15) is 5.56 Å². The molecule has 121 valence electrons. The van der Waals surface area contributed by atoms with Crippen molar-refractivity contribution in [3.8, 4) is 11.1 Å². The number of aromatic nitrogens is 1. The van der Waals surface area contributed by atoms with Crippen molar-refractivity contribution in [2.24, 2.45) is 0 Å². The summed E-state index contributed by atoms with van der Waals surface area (Å²) in [6, 6.07) is 15.1. The molecule has 0 amide bonds. The molecule has 0 aliphatic rings. The van der Waals surface area contributed by atoms with Crippen LogP contribution in [0.3, 0.4) is 0 Å². The van der Waals surface area contributed by atoms with Gasteiger partial charge in [0.1, 0.15) is 6.69 Å². The van der Waals surface area contributed by atoms with E-state index < -0.39 is 6.69 Å². The van der Waals surface area contributed by atoms with Crippen molar-refractivity contribution >= 4 is 38.1 Å². The summed E-state index contributed by atoms with van der Waals surface area (Å²) >= 11 is 3.90. The first-order valence-electron chi connectivity index (χ1n) is 6.77. The van der Waals surface area contributed by atoms with E-state index in [2.05, 4.69) is 76.7 Å². The van der Waals surface area contributed by atoms with Gasteiger partial charge in [-0.15, -0.1) is 44.2 Å². The van der Waals surface area contributed by atoms with Crippen molar-refractivity contribution in [1.29, 1.82) is 0 Å². The topological polar surface area (TPSA) is 12.9 Å². The number of rotatable bonds is 2. The average Bonchev–Trinajstić information content (AvgIpc) is 2.80. The zero-order valence-corrected chi connectivity index (χ0v) is 18.5. The smallest absolute Gasteiger partial charge is 1.00 e. The summed E-state index contributed by atoms with van der Waals surface area (Å²) in [5, 5.41) is 2.67. The zero-order chi connectivity index (χ0) is 14.3. The number of hydrogen-bond donors (Lipinski definition) is 0. The van der Waals surface area contributed by atoms with Crippen molar-refractivity contribution in [3.05, 3.63) is 54.2 Å². The molecule has 0 spiro atoms. The number of aryl methyl sites for hydroxylation is 1. The third kappa shape index (κ3) is 4.66. The van der Waals surface area contributed by atoms with Crippen molar-refractivity contribution in [1.82, 2.24) is 4.98 Å². The normalized spacial score (nSPS) is 10.4. The number of benzene rings is 1. The average molecular weight is 466 g/mol. The molecule has 0 fully saturated rings. The number of halogens is 3. The van der Waals surface area contributed by atoms with E-state index in [0.717, 1.165) is 5.52 Å². The van der Waals surface area contributed by atoms with E-state index in [4.69, 9.17) is 0 Å². The zero-order valence-electron chi connectivity index (χ0n) is 13.1. The van der Waals surface area contributed by atoms with Gasteiger partial charge in [-0.1, -0.05) is 49.3 Å². The van der Waals surface area contributed by atoms with Crippen molar-refractivity contribution in [3.63, 3.8) is 0 Å². The molecule has 0 aliphatic carbocycles. The molecule has 0 atom stereocenters. The third-order valence-electron chi connectivity index (χ3n) is 3.68. The predicted octanol–water partition coefficient (Wildman–Crippen LogP) is -1.26. The molecule has 1 heterocycles. The van der Waals surface area contributed by atoms with Crippen molar-refractivity contribution < 1.29 is 42.2 Å². The maximum Gasteiger partial charge on any atom is 3.00 e. The van der Waals surface area contributed by atoms with Crippen LogP contribution in [0.25, 0.3) is 22.0 Å². The van der Waals surface area contributed by atoms with Crippen LogP contribution in [0.4, 0.5) is 0 Å². The second-order valence-electron chi connectivity index (χ2n) is 5.69. The van der Waals surface area contributed by atoms with Crippen molar-refractivity contribution in [2.45, 2.75) is 20.0 Å². The standard InChI is InChI=1S/C17H17BrNSi.2ClH.Cr/c1-12-10-14(11-16(12)20(2,3)18)15-8-4-6-13-7-5-9-19-17(13)15;;;/h4-11H,1-3H3;2*1H;/q-1;;;+3/p-2. The molecule has 0 bridgehead atoms. The summed E-state index contributed by atoms with van der Waals surface area (Å²) in [7, 11) is 0. The molecule has 2 aromatic carbocycles. The SMILES string of the molecule is Cc1c[c-](-c2cccc3cccnc23)cc1[Si](C)(C)Br.[Cl-].[Cl-].[Cr+3]. The van der Waals surface area contributed by atoms with Gasteiger partial charge in [0.25, 0.3) is 0 Å². The molecule has 1 nitrogen and oxygen atoms in total.